The third-order valence-corrected chi connectivity index (χ3v) is 3.26. The minimum absolute atomic E-state index is 0.0341. The summed E-state index contributed by atoms with van der Waals surface area (Å²) >= 11 is 3.27. The van der Waals surface area contributed by atoms with E-state index in [1.165, 1.54) is 24.3 Å². The fourth-order valence-electron chi connectivity index (χ4n) is 1.58. The Morgan fingerprint density at radius 3 is 2.45 bits per heavy atom. The summed E-state index contributed by atoms with van der Waals surface area (Å²) in [5.41, 5.74) is 6.94. The number of hydrogen-bond acceptors (Lipinski definition) is 4. The number of non-ortho nitro benzene ring substituents is 1. The van der Waals surface area contributed by atoms with Gasteiger partial charge in [-0.1, -0.05) is 0 Å². The van der Waals surface area contributed by atoms with E-state index in [-0.39, 0.29) is 11.6 Å². The fourth-order valence-corrected chi connectivity index (χ4v) is 2.01. The molecule has 0 saturated carbocycles. The SMILES string of the molecule is Nc1ccc(Br)c(C(=O)Nc2ccc([N+](=O)[O-])cc2)c1. The summed E-state index contributed by atoms with van der Waals surface area (Å²) in [4.78, 5) is 22.1. The molecule has 0 radical (unpaired) electrons. The van der Waals surface area contributed by atoms with Crippen LogP contribution in [0.5, 0.6) is 0 Å². The van der Waals surface area contributed by atoms with Crippen molar-refractivity contribution in [2.75, 3.05) is 11.1 Å². The van der Waals surface area contributed by atoms with Gasteiger partial charge in [0.1, 0.15) is 0 Å². The number of nitrogen functional groups attached to an aromatic ring is 1. The highest BCUT2D eigenvalue weighted by Gasteiger charge is 2.11. The summed E-state index contributed by atoms with van der Waals surface area (Å²) in [6.07, 6.45) is 0. The lowest BCUT2D eigenvalue weighted by Crippen LogP contribution is -2.12. The number of carbonyl (C=O) groups excluding carboxylic acids is 1. The molecule has 1 amide bonds. The monoisotopic (exact) mass is 335 g/mol. The van der Waals surface area contributed by atoms with Crippen molar-refractivity contribution in [3.8, 4) is 0 Å². The third-order valence-electron chi connectivity index (χ3n) is 2.57. The lowest BCUT2D eigenvalue weighted by Gasteiger charge is -2.07. The number of nitrogens with two attached hydrogens (primary N) is 1. The number of nitrogens with zero attached hydrogens (tertiary/aromatic N) is 1. The first-order valence-corrected chi connectivity index (χ1v) is 6.37. The first kappa shape index (κ1) is 14.0. The summed E-state index contributed by atoms with van der Waals surface area (Å²) in [6, 6.07) is 10.5. The van der Waals surface area contributed by atoms with E-state index in [2.05, 4.69) is 21.2 Å². The van der Waals surface area contributed by atoms with Crippen molar-refractivity contribution >= 4 is 38.9 Å². The van der Waals surface area contributed by atoms with Gasteiger partial charge in [-0.25, -0.2) is 0 Å². The average Bonchev–Trinajstić information content (AvgIpc) is 2.42. The maximum Gasteiger partial charge on any atom is 0.269 e. The summed E-state index contributed by atoms with van der Waals surface area (Å²) in [7, 11) is 0. The van der Waals surface area contributed by atoms with Crippen LogP contribution in [0, 0.1) is 10.1 Å². The Hall–Kier alpha value is -2.41. The number of anilines is 2. The van der Waals surface area contributed by atoms with Crippen molar-refractivity contribution in [3.05, 3.63) is 62.6 Å². The molecule has 6 nitrogen and oxygen atoms in total. The largest absolute Gasteiger partial charge is 0.399 e. The Kier molecular flexibility index (Phi) is 3.99. The van der Waals surface area contributed by atoms with Crippen LogP contribution in [0.15, 0.2) is 46.9 Å². The molecule has 7 heteroatoms. The van der Waals surface area contributed by atoms with Crippen LogP contribution in [0.1, 0.15) is 10.4 Å². The number of carbonyl (C=O) groups is 1. The average molecular weight is 336 g/mol. The molecule has 0 aliphatic heterocycles. The van der Waals surface area contributed by atoms with Gasteiger partial charge in [0.2, 0.25) is 0 Å². The molecule has 0 aliphatic carbocycles. The highest BCUT2D eigenvalue weighted by Crippen LogP contribution is 2.22. The van der Waals surface area contributed by atoms with Gasteiger partial charge >= 0.3 is 0 Å². The van der Waals surface area contributed by atoms with Crippen molar-refractivity contribution in [3.63, 3.8) is 0 Å². The number of nitro groups is 1. The summed E-state index contributed by atoms with van der Waals surface area (Å²) < 4.78 is 0.617. The molecule has 0 aromatic heterocycles. The fraction of sp³-hybridized carbons (Fsp3) is 0. The van der Waals surface area contributed by atoms with E-state index in [1.807, 2.05) is 0 Å². The molecule has 0 unspecified atom stereocenters. The molecule has 2 aromatic rings. The van der Waals surface area contributed by atoms with Gasteiger partial charge in [0.05, 0.1) is 10.5 Å². The maximum atomic E-state index is 12.1. The van der Waals surface area contributed by atoms with E-state index < -0.39 is 4.92 Å². The Morgan fingerprint density at radius 1 is 1.20 bits per heavy atom. The number of halogens is 1. The molecular formula is C13H10BrN3O3. The van der Waals surface area contributed by atoms with Crippen LogP contribution in [0.3, 0.4) is 0 Å². The van der Waals surface area contributed by atoms with Gasteiger partial charge in [0, 0.05) is 28.0 Å². The van der Waals surface area contributed by atoms with Gasteiger partial charge in [-0.05, 0) is 46.3 Å². The van der Waals surface area contributed by atoms with Gasteiger partial charge in [-0.15, -0.1) is 0 Å². The first-order chi connectivity index (χ1) is 9.47. The normalized spacial score (nSPS) is 10.1. The number of amides is 1. The van der Waals surface area contributed by atoms with Gasteiger partial charge in [-0.3, -0.25) is 14.9 Å². The second-order valence-electron chi connectivity index (χ2n) is 4.00. The van der Waals surface area contributed by atoms with Crippen LogP contribution in [0.2, 0.25) is 0 Å². The Morgan fingerprint density at radius 2 is 1.85 bits per heavy atom. The van der Waals surface area contributed by atoms with Gasteiger partial charge in [0.15, 0.2) is 0 Å². The second-order valence-corrected chi connectivity index (χ2v) is 4.85. The molecule has 20 heavy (non-hydrogen) atoms. The van der Waals surface area contributed by atoms with Crippen LogP contribution in [-0.2, 0) is 0 Å². The minimum atomic E-state index is -0.500. The molecule has 102 valence electrons. The molecule has 0 atom stereocenters. The smallest absolute Gasteiger partial charge is 0.269 e. The van der Waals surface area contributed by atoms with Gasteiger partial charge in [0.25, 0.3) is 11.6 Å². The number of nitro benzene ring substituents is 1. The summed E-state index contributed by atoms with van der Waals surface area (Å²) in [6.45, 7) is 0. The van der Waals surface area contributed by atoms with E-state index in [4.69, 9.17) is 5.73 Å². The number of nitrogens with one attached hydrogen (secondary N) is 1. The van der Waals surface area contributed by atoms with Crippen molar-refractivity contribution in [1.82, 2.24) is 0 Å². The van der Waals surface area contributed by atoms with Crippen LogP contribution in [-0.4, -0.2) is 10.8 Å². The van der Waals surface area contributed by atoms with E-state index in [0.717, 1.165) is 0 Å². The molecule has 0 fully saturated rings. The van der Waals surface area contributed by atoms with Crippen LogP contribution in [0.4, 0.5) is 17.1 Å². The van der Waals surface area contributed by atoms with Crippen molar-refractivity contribution in [1.29, 1.82) is 0 Å². The number of rotatable bonds is 3. The van der Waals surface area contributed by atoms with E-state index >= 15 is 0 Å². The zero-order chi connectivity index (χ0) is 14.7. The molecule has 0 saturated heterocycles. The van der Waals surface area contributed by atoms with E-state index in [9.17, 15) is 14.9 Å². The first-order valence-electron chi connectivity index (χ1n) is 5.58. The number of hydrogen-bond donors (Lipinski definition) is 2. The van der Waals surface area contributed by atoms with Crippen LogP contribution in [0.25, 0.3) is 0 Å². The molecule has 0 bridgehead atoms. The second kappa shape index (κ2) is 5.70. The van der Waals surface area contributed by atoms with E-state index in [0.29, 0.717) is 21.4 Å². The number of benzene rings is 2. The Labute approximate surface area is 122 Å². The molecule has 2 aromatic carbocycles. The molecule has 0 aliphatic rings. The van der Waals surface area contributed by atoms with Gasteiger partial charge in [-0.2, -0.15) is 0 Å². The molecule has 2 rings (SSSR count). The standard InChI is InChI=1S/C13H10BrN3O3/c14-12-6-1-8(15)7-11(12)13(18)16-9-2-4-10(5-3-9)17(19)20/h1-7H,15H2,(H,16,18). The maximum absolute atomic E-state index is 12.1. The zero-order valence-corrected chi connectivity index (χ0v) is 11.8. The lowest BCUT2D eigenvalue weighted by molar-refractivity contribution is -0.384. The van der Waals surface area contributed by atoms with Crippen LogP contribution < -0.4 is 11.1 Å². The third kappa shape index (κ3) is 3.12. The molecular weight excluding hydrogens is 326 g/mol. The molecule has 0 heterocycles. The highest BCUT2D eigenvalue weighted by atomic mass is 79.9. The lowest BCUT2D eigenvalue weighted by atomic mass is 10.2. The van der Waals surface area contributed by atoms with Crippen molar-refractivity contribution < 1.29 is 9.72 Å². The molecule has 3 N–H and O–H groups in total. The molecule has 0 spiro atoms. The van der Waals surface area contributed by atoms with Crippen molar-refractivity contribution in [2.24, 2.45) is 0 Å². The predicted octanol–water partition coefficient (Wildman–Crippen LogP) is 3.19. The predicted molar refractivity (Wildman–Crippen MR) is 79.6 cm³/mol. The van der Waals surface area contributed by atoms with Crippen LogP contribution >= 0.6 is 15.9 Å². The topological polar surface area (TPSA) is 98.3 Å². The quantitative estimate of drug-likeness (QED) is 0.511. The summed E-state index contributed by atoms with van der Waals surface area (Å²) in [5.74, 6) is -0.349. The highest BCUT2D eigenvalue weighted by molar-refractivity contribution is 9.10. The Balaban J connectivity index is 2.19. The van der Waals surface area contributed by atoms with Gasteiger partial charge < -0.3 is 11.1 Å². The van der Waals surface area contributed by atoms with E-state index in [1.54, 1.807) is 18.2 Å². The summed E-state index contributed by atoms with van der Waals surface area (Å²) in [5, 5.41) is 13.2. The minimum Gasteiger partial charge on any atom is -0.399 e. The zero-order valence-electron chi connectivity index (χ0n) is 10.2. The van der Waals surface area contributed by atoms with Crippen molar-refractivity contribution in [2.45, 2.75) is 0 Å². The Bertz CT molecular complexity index is 671.